The first-order chi connectivity index (χ1) is 21.3. The van der Waals surface area contributed by atoms with Gasteiger partial charge in [0.1, 0.15) is 17.3 Å². The Labute approximate surface area is 273 Å². The van der Waals surface area contributed by atoms with E-state index in [-0.39, 0.29) is 16.5 Å². The molecule has 2 heterocycles. The standard InChI is InChI=1S/C32H29Cl2N3O5S2/c1-3-5-16-42-24-12-7-19(8-13-24)27-26(28(38)20-9-14-23(15-10-20)41-4-2)29(39)30(40)37(27)31-35-36-32(44-31)43-18-21-6-11-22(33)17-25(21)34/h6-15,17,27,38H,3-5,16,18H2,1-2H3/b28-26-. The molecule has 1 aromatic heterocycles. The van der Waals surface area contributed by atoms with Crippen LogP contribution in [-0.4, -0.2) is 40.2 Å². The quantitative estimate of drug-likeness (QED) is 0.0401. The molecule has 1 saturated heterocycles. The number of aromatic nitrogens is 2. The maximum Gasteiger partial charge on any atom is 0.301 e. The Morgan fingerprint density at radius 1 is 0.977 bits per heavy atom. The van der Waals surface area contributed by atoms with Crippen LogP contribution in [0, 0.1) is 0 Å². The van der Waals surface area contributed by atoms with Gasteiger partial charge in [-0.05, 0) is 73.0 Å². The second-order valence-electron chi connectivity index (χ2n) is 9.77. The third kappa shape index (κ3) is 7.04. The summed E-state index contributed by atoms with van der Waals surface area (Å²) in [4.78, 5) is 28.4. The van der Waals surface area contributed by atoms with E-state index in [0.717, 1.165) is 18.4 Å². The minimum Gasteiger partial charge on any atom is -0.507 e. The Morgan fingerprint density at radius 2 is 1.68 bits per heavy atom. The first-order valence-electron chi connectivity index (χ1n) is 14.0. The molecule has 4 aromatic rings. The monoisotopic (exact) mass is 669 g/mol. The van der Waals surface area contributed by atoms with Crippen molar-refractivity contribution in [2.24, 2.45) is 0 Å². The summed E-state index contributed by atoms with van der Waals surface area (Å²) in [6, 6.07) is 18.2. The van der Waals surface area contributed by atoms with E-state index in [1.165, 1.54) is 28.0 Å². The summed E-state index contributed by atoms with van der Waals surface area (Å²) in [5.41, 5.74) is 1.81. The largest absolute Gasteiger partial charge is 0.507 e. The number of nitrogens with zero attached hydrogens (tertiary/aromatic N) is 3. The number of ketones is 1. The van der Waals surface area contributed by atoms with Crippen molar-refractivity contribution in [3.8, 4) is 11.5 Å². The zero-order valence-electron chi connectivity index (χ0n) is 24.0. The fourth-order valence-corrected chi connectivity index (χ4v) is 7.02. The lowest BCUT2D eigenvalue weighted by Gasteiger charge is -2.22. The summed E-state index contributed by atoms with van der Waals surface area (Å²) in [5, 5.41) is 21.3. The zero-order valence-corrected chi connectivity index (χ0v) is 27.1. The molecule has 1 N–H and O–H groups in total. The lowest BCUT2D eigenvalue weighted by atomic mass is 9.95. The van der Waals surface area contributed by atoms with E-state index in [0.29, 0.717) is 56.0 Å². The van der Waals surface area contributed by atoms with Crippen LogP contribution in [0.15, 0.2) is 76.6 Å². The number of hydrogen-bond donors (Lipinski definition) is 1. The highest BCUT2D eigenvalue weighted by molar-refractivity contribution is 8.00. The van der Waals surface area contributed by atoms with Crippen LogP contribution in [0.4, 0.5) is 5.13 Å². The predicted molar refractivity (Wildman–Crippen MR) is 175 cm³/mol. The molecule has 12 heteroatoms. The van der Waals surface area contributed by atoms with Crippen molar-refractivity contribution in [1.29, 1.82) is 0 Å². The van der Waals surface area contributed by atoms with E-state index in [1.807, 2.05) is 13.0 Å². The first kappa shape index (κ1) is 31.8. The number of rotatable bonds is 12. The lowest BCUT2D eigenvalue weighted by Crippen LogP contribution is -2.29. The van der Waals surface area contributed by atoms with Gasteiger partial charge in [-0.1, -0.05) is 77.8 Å². The van der Waals surface area contributed by atoms with Crippen molar-refractivity contribution >= 4 is 68.9 Å². The molecule has 1 amide bonds. The summed E-state index contributed by atoms with van der Waals surface area (Å²) in [6.07, 6.45) is 1.93. The number of amides is 1. The number of unbranched alkanes of at least 4 members (excludes halogenated alkanes) is 1. The number of hydrogen-bond acceptors (Lipinski definition) is 9. The average molecular weight is 671 g/mol. The van der Waals surface area contributed by atoms with E-state index >= 15 is 0 Å². The predicted octanol–water partition coefficient (Wildman–Crippen LogP) is 8.34. The van der Waals surface area contributed by atoms with Crippen LogP contribution in [-0.2, 0) is 15.3 Å². The summed E-state index contributed by atoms with van der Waals surface area (Å²) in [5.74, 6) is -0.121. The summed E-state index contributed by atoms with van der Waals surface area (Å²) >= 11 is 14.9. The number of benzene rings is 3. The topological polar surface area (TPSA) is 102 Å². The van der Waals surface area contributed by atoms with Crippen molar-refractivity contribution in [2.45, 2.75) is 42.8 Å². The zero-order chi connectivity index (χ0) is 31.2. The van der Waals surface area contributed by atoms with E-state index in [2.05, 4.69) is 17.1 Å². The molecule has 3 aromatic carbocycles. The van der Waals surface area contributed by atoms with Gasteiger partial charge in [0.15, 0.2) is 4.34 Å². The molecule has 0 aliphatic carbocycles. The van der Waals surface area contributed by atoms with Gasteiger partial charge >= 0.3 is 5.91 Å². The van der Waals surface area contributed by atoms with Gasteiger partial charge in [0.05, 0.1) is 24.8 Å². The Morgan fingerprint density at radius 3 is 2.36 bits per heavy atom. The molecule has 1 atom stereocenters. The Hall–Kier alpha value is -3.57. The van der Waals surface area contributed by atoms with E-state index in [9.17, 15) is 14.7 Å². The number of aliphatic hydroxyl groups is 1. The van der Waals surface area contributed by atoms with Gasteiger partial charge in [0, 0.05) is 21.4 Å². The minimum absolute atomic E-state index is 0.0452. The van der Waals surface area contributed by atoms with Gasteiger partial charge in [-0.3, -0.25) is 14.5 Å². The van der Waals surface area contributed by atoms with Gasteiger partial charge < -0.3 is 14.6 Å². The molecule has 1 unspecified atom stereocenters. The molecule has 0 bridgehead atoms. The number of carbonyl (C=O) groups is 2. The number of aliphatic hydroxyl groups excluding tert-OH is 1. The van der Waals surface area contributed by atoms with Crippen LogP contribution >= 0.6 is 46.3 Å². The van der Waals surface area contributed by atoms with Crippen LogP contribution in [0.2, 0.25) is 10.0 Å². The number of carbonyl (C=O) groups excluding carboxylic acids is 2. The molecule has 0 spiro atoms. The third-order valence-electron chi connectivity index (χ3n) is 6.81. The van der Waals surface area contributed by atoms with Crippen LogP contribution in [0.3, 0.4) is 0 Å². The number of Topliss-reactive ketones (excluding diaryl/α,β-unsaturated/α-hetero) is 1. The third-order valence-corrected chi connectivity index (χ3v) is 9.51. The highest BCUT2D eigenvalue weighted by Gasteiger charge is 2.48. The van der Waals surface area contributed by atoms with Crippen molar-refractivity contribution < 1.29 is 24.2 Å². The van der Waals surface area contributed by atoms with Crippen molar-refractivity contribution in [3.05, 3.63) is 99.0 Å². The van der Waals surface area contributed by atoms with Gasteiger partial charge in [-0.2, -0.15) is 0 Å². The lowest BCUT2D eigenvalue weighted by molar-refractivity contribution is -0.132. The molecule has 1 fully saturated rings. The molecule has 1 aliphatic rings. The summed E-state index contributed by atoms with van der Waals surface area (Å²) < 4.78 is 11.9. The maximum atomic E-state index is 13.6. The first-order valence-corrected chi connectivity index (χ1v) is 16.5. The van der Waals surface area contributed by atoms with Gasteiger partial charge in [-0.15, -0.1) is 10.2 Å². The number of thioether (sulfide) groups is 1. The van der Waals surface area contributed by atoms with Crippen molar-refractivity contribution in [1.82, 2.24) is 10.2 Å². The highest BCUT2D eigenvalue weighted by Crippen LogP contribution is 2.44. The summed E-state index contributed by atoms with van der Waals surface area (Å²) in [7, 11) is 0. The van der Waals surface area contributed by atoms with Gasteiger partial charge in [0.2, 0.25) is 5.13 Å². The smallest absolute Gasteiger partial charge is 0.301 e. The molecule has 0 saturated carbocycles. The van der Waals surface area contributed by atoms with E-state index in [4.69, 9.17) is 32.7 Å². The van der Waals surface area contributed by atoms with Crippen molar-refractivity contribution in [2.75, 3.05) is 18.1 Å². The SMILES string of the molecule is CCCCOc1ccc(C2/C(=C(/O)c3ccc(OCC)cc3)C(=O)C(=O)N2c2nnc(SCc3ccc(Cl)cc3Cl)s2)cc1. The van der Waals surface area contributed by atoms with Crippen LogP contribution in [0.25, 0.3) is 5.76 Å². The number of halogens is 2. The fraction of sp³-hybridized carbons (Fsp3) is 0.250. The number of anilines is 1. The highest BCUT2D eigenvalue weighted by atomic mass is 35.5. The van der Waals surface area contributed by atoms with E-state index < -0.39 is 17.7 Å². The molecular weight excluding hydrogens is 641 g/mol. The molecule has 44 heavy (non-hydrogen) atoms. The molecule has 228 valence electrons. The van der Waals surface area contributed by atoms with Gasteiger partial charge in [-0.25, -0.2) is 0 Å². The van der Waals surface area contributed by atoms with Crippen LogP contribution < -0.4 is 14.4 Å². The fourth-order valence-electron chi connectivity index (χ4n) is 4.59. The average Bonchev–Trinajstić information content (AvgIpc) is 3.59. The minimum atomic E-state index is -0.942. The number of ether oxygens (including phenoxy) is 2. The summed E-state index contributed by atoms with van der Waals surface area (Å²) in [6.45, 7) is 5.03. The van der Waals surface area contributed by atoms with Gasteiger partial charge in [0.25, 0.3) is 5.78 Å². The molecular formula is C32H29Cl2N3O5S2. The van der Waals surface area contributed by atoms with E-state index in [1.54, 1.807) is 60.7 Å². The Bertz CT molecular complexity index is 1680. The second kappa shape index (κ2) is 14.5. The molecule has 5 rings (SSSR count). The van der Waals surface area contributed by atoms with Crippen LogP contribution in [0.1, 0.15) is 49.4 Å². The second-order valence-corrected chi connectivity index (χ2v) is 12.8. The Kier molecular flexibility index (Phi) is 10.5. The molecule has 0 radical (unpaired) electrons. The van der Waals surface area contributed by atoms with Crippen molar-refractivity contribution in [3.63, 3.8) is 0 Å². The normalized spacial score (nSPS) is 16.0. The molecule has 8 nitrogen and oxygen atoms in total. The van der Waals surface area contributed by atoms with Crippen LogP contribution in [0.5, 0.6) is 11.5 Å². The Balaban J connectivity index is 1.50. The maximum absolute atomic E-state index is 13.6. The molecule has 1 aliphatic heterocycles.